The Morgan fingerprint density at radius 3 is 2.84 bits per heavy atom. The van der Waals surface area contributed by atoms with Crippen molar-refractivity contribution in [2.45, 2.75) is 39.5 Å². The van der Waals surface area contributed by atoms with Crippen LogP contribution in [0.5, 0.6) is 0 Å². The van der Waals surface area contributed by atoms with E-state index in [0.29, 0.717) is 16.5 Å². The summed E-state index contributed by atoms with van der Waals surface area (Å²) in [5, 5.41) is 32.2. The van der Waals surface area contributed by atoms with Gasteiger partial charge in [0.2, 0.25) is 5.13 Å². The highest BCUT2D eigenvalue weighted by atomic mass is 32.1. The van der Waals surface area contributed by atoms with Crippen LogP contribution < -0.4 is 5.32 Å². The van der Waals surface area contributed by atoms with Crippen LogP contribution in [0.2, 0.25) is 0 Å². The molecule has 0 aliphatic heterocycles. The lowest BCUT2D eigenvalue weighted by Crippen LogP contribution is -2.13. The summed E-state index contributed by atoms with van der Waals surface area (Å²) >= 11 is 1.28. The van der Waals surface area contributed by atoms with E-state index in [-0.39, 0.29) is 17.0 Å². The molecule has 2 heterocycles. The molecule has 1 aromatic carbocycles. The fourth-order valence-corrected chi connectivity index (χ4v) is 3.73. The normalized spacial score (nSPS) is 11.2. The van der Waals surface area contributed by atoms with Gasteiger partial charge in [-0.3, -0.25) is 20.2 Å². The maximum Gasteiger partial charge on any atom is 0.270 e. The monoisotopic (exact) mass is 451 g/mol. The Bertz CT molecular complexity index is 1210. The van der Waals surface area contributed by atoms with Crippen LogP contribution in [0.1, 0.15) is 42.5 Å². The molecule has 0 bridgehead atoms. The summed E-state index contributed by atoms with van der Waals surface area (Å²) in [6.07, 6.45) is 5.33. The van der Waals surface area contributed by atoms with Gasteiger partial charge in [0.05, 0.1) is 4.92 Å². The van der Waals surface area contributed by atoms with Crippen LogP contribution in [-0.4, -0.2) is 21.0 Å². The number of non-ortho nitro benzene ring substituents is 1. The topological polar surface area (TPSA) is 135 Å². The van der Waals surface area contributed by atoms with E-state index >= 15 is 0 Å². The van der Waals surface area contributed by atoms with Gasteiger partial charge in [-0.2, -0.15) is 5.26 Å². The molecule has 2 aromatic heterocycles. The molecule has 10 heteroatoms. The number of nitrogens with one attached hydrogen (secondary N) is 1. The molecule has 0 aliphatic rings. The maximum atomic E-state index is 12.5. The number of unbranched alkanes of at least 4 members (excludes halogenated alkanes) is 2. The Balaban J connectivity index is 1.74. The molecule has 0 fully saturated rings. The standard InChI is InChI=1S/C22H21N5O4S/c1-3-4-5-6-20-25-26-22(32-20)24-21(28)15(13-23)11-17-9-10-19(31-17)18-12-16(27(29)30)8-7-14(18)2/h7-12H,3-6H2,1-2H3,(H,24,26,28). The number of nitriles is 1. The summed E-state index contributed by atoms with van der Waals surface area (Å²) in [7, 11) is 0. The molecule has 0 saturated carbocycles. The third kappa shape index (κ3) is 5.65. The Labute approximate surface area is 188 Å². The third-order valence-corrected chi connectivity index (χ3v) is 5.56. The molecule has 1 N–H and O–H groups in total. The number of aromatic nitrogens is 2. The predicted octanol–water partition coefficient (Wildman–Crippen LogP) is 5.29. The number of carbonyl (C=O) groups is 1. The van der Waals surface area contributed by atoms with Crippen molar-refractivity contribution in [1.82, 2.24) is 10.2 Å². The average Bonchev–Trinajstić information content (AvgIpc) is 3.41. The number of nitrogens with zero attached hydrogens (tertiary/aromatic N) is 4. The van der Waals surface area contributed by atoms with Crippen molar-refractivity contribution in [3.05, 3.63) is 62.4 Å². The predicted molar refractivity (Wildman–Crippen MR) is 121 cm³/mol. The number of furan rings is 1. The fourth-order valence-electron chi connectivity index (χ4n) is 2.95. The van der Waals surface area contributed by atoms with Gasteiger partial charge in [-0.25, -0.2) is 0 Å². The molecule has 0 aliphatic carbocycles. The summed E-state index contributed by atoms with van der Waals surface area (Å²) in [6.45, 7) is 3.93. The van der Waals surface area contributed by atoms with Crippen LogP contribution in [0, 0.1) is 28.4 Å². The quantitative estimate of drug-likeness (QED) is 0.153. The molecular formula is C22H21N5O4S. The van der Waals surface area contributed by atoms with E-state index in [1.165, 1.54) is 29.5 Å². The van der Waals surface area contributed by atoms with Crippen LogP contribution >= 0.6 is 11.3 Å². The second-order valence-electron chi connectivity index (χ2n) is 7.04. The molecule has 0 unspecified atom stereocenters. The molecule has 3 rings (SSSR count). The van der Waals surface area contributed by atoms with Gasteiger partial charge in [0.25, 0.3) is 11.6 Å². The number of anilines is 1. The smallest absolute Gasteiger partial charge is 0.270 e. The zero-order valence-electron chi connectivity index (χ0n) is 17.6. The highest BCUT2D eigenvalue weighted by Crippen LogP contribution is 2.30. The molecule has 0 saturated heterocycles. The SMILES string of the molecule is CCCCCc1nnc(NC(=O)C(C#N)=Cc2ccc(-c3cc([N+](=O)[O-])ccc3C)o2)s1. The maximum absolute atomic E-state index is 12.5. The van der Waals surface area contributed by atoms with E-state index in [1.54, 1.807) is 18.2 Å². The van der Waals surface area contributed by atoms with Crippen LogP contribution in [0.25, 0.3) is 17.4 Å². The van der Waals surface area contributed by atoms with Crippen LogP contribution in [0.4, 0.5) is 10.8 Å². The first-order valence-corrected chi connectivity index (χ1v) is 10.8. The molecule has 0 atom stereocenters. The molecule has 3 aromatic rings. The third-order valence-electron chi connectivity index (χ3n) is 4.66. The lowest BCUT2D eigenvalue weighted by Gasteiger charge is -2.02. The lowest BCUT2D eigenvalue weighted by molar-refractivity contribution is -0.384. The Morgan fingerprint density at radius 2 is 2.12 bits per heavy atom. The second-order valence-corrected chi connectivity index (χ2v) is 8.10. The minimum Gasteiger partial charge on any atom is -0.457 e. The molecule has 9 nitrogen and oxygen atoms in total. The summed E-state index contributed by atoms with van der Waals surface area (Å²) < 4.78 is 5.72. The van der Waals surface area contributed by atoms with E-state index in [0.717, 1.165) is 36.3 Å². The van der Waals surface area contributed by atoms with E-state index in [2.05, 4.69) is 22.4 Å². The van der Waals surface area contributed by atoms with Crippen molar-refractivity contribution in [3.63, 3.8) is 0 Å². The van der Waals surface area contributed by atoms with E-state index in [4.69, 9.17) is 4.42 Å². The van der Waals surface area contributed by atoms with Gasteiger partial charge in [0, 0.05) is 30.2 Å². The first-order valence-electron chi connectivity index (χ1n) is 10.0. The second kappa shape index (κ2) is 10.5. The van der Waals surface area contributed by atoms with Gasteiger partial charge in [0.1, 0.15) is 28.2 Å². The van der Waals surface area contributed by atoms with E-state index in [9.17, 15) is 20.2 Å². The summed E-state index contributed by atoms with van der Waals surface area (Å²) in [4.78, 5) is 23.1. The zero-order valence-corrected chi connectivity index (χ0v) is 18.4. The van der Waals surface area contributed by atoms with Crippen LogP contribution in [0.15, 0.2) is 40.3 Å². The van der Waals surface area contributed by atoms with Gasteiger partial charge >= 0.3 is 0 Å². The van der Waals surface area contributed by atoms with Crippen molar-refractivity contribution < 1.29 is 14.1 Å². The summed E-state index contributed by atoms with van der Waals surface area (Å²) in [5.41, 5.74) is 1.14. The molecule has 164 valence electrons. The van der Waals surface area contributed by atoms with Crippen molar-refractivity contribution >= 4 is 34.1 Å². The number of benzene rings is 1. The lowest BCUT2D eigenvalue weighted by atomic mass is 10.1. The first kappa shape index (κ1) is 22.8. The van der Waals surface area contributed by atoms with Crippen molar-refractivity contribution in [2.24, 2.45) is 0 Å². The van der Waals surface area contributed by atoms with E-state index < -0.39 is 10.8 Å². The molecule has 1 amide bonds. The number of carbonyl (C=O) groups excluding carboxylic acids is 1. The minimum atomic E-state index is -0.617. The number of amides is 1. The summed E-state index contributed by atoms with van der Waals surface area (Å²) in [6, 6.07) is 9.57. The Hall–Kier alpha value is -3.84. The van der Waals surface area contributed by atoms with Gasteiger partial charge < -0.3 is 4.42 Å². The minimum absolute atomic E-state index is 0.0534. The van der Waals surface area contributed by atoms with Gasteiger partial charge in [-0.05, 0) is 31.0 Å². The average molecular weight is 452 g/mol. The number of rotatable bonds is 9. The highest BCUT2D eigenvalue weighted by molar-refractivity contribution is 7.15. The van der Waals surface area contributed by atoms with Gasteiger partial charge in [-0.1, -0.05) is 37.2 Å². The number of hydrogen-bond acceptors (Lipinski definition) is 8. The Kier molecular flexibility index (Phi) is 7.46. The number of nitro benzene ring substituents is 1. The largest absolute Gasteiger partial charge is 0.457 e. The molecule has 0 spiro atoms. The van der Waals surface area contributed by atoms with Crippen LogP contribution in [0.3, 0.4) is 0 Å². The number of hydrogen-bond donors (Lipinski definition) is 1. The van der Waals surface area contributed by atoms with Gasteiger partial charge in [-0.15, -0.1) is 10.2 Å². The van der Waals surface area contributed by atoms with Crippen LogP contribution in [-0.2, 0) is 11.2 Å². The van der Waals surface area contributed by atoms with Crippen molar-refractivity contribution in [1.29, 1.82) is 5.26 Å². The first-order chi connectivity index (χ1) is 15.4. The molecule has 0 radical (unpaired) electrons. The number of aryl methyl sites for hydroxylation is 2. The zero-order chi connectivity index (χ0) is 23.1. The number of nitro groups is 1. The summed E-state index contributed by atoms with van der Waals surface area (Å²) in [5.74, 6) is 0.0550. The Morgan fingerprint density at radius 1 is 1.31 bits per heavy atom. The van der Waals surface area contributed by atoms with E-state index in [1.807, 2.05) is 13.0 Å². The van der Waals surface area contributed by atoms with Gasteiger partial charge in [0.15, 0.2) is 0 Å². The van der Waals surface area contributed by atoms with Crippen molar-refractivity contribution in [2.75, 3.05) is 5.32 Å². The molecular weight excluding hydrogens is 430 g/mol. The fraction of sp³-hybridized carbons (Fsp3) is 0.273. The van der Waals surface area contributed by atoms with Crippen molar-refractivity contribution in [3.8, 4) is 17.4 Å². The molecule has 32 heavy (non-hydrogen) atoms. The highest BCUT2D eigenvalue weighted by Gasteiger charge is 2.16.